The van der Waals surface area contributed by atoms with E-state index < -0.39 is 18.0 Å². The lowest BCUT2D eigenvalue weighted by molar-refractivity contribution is 0.0502. The van der Waals surface area contributed by atoms with E-state index in [1.807, 2.05) is 12.1 Å². The van der Waals surface area contributed by atoms with E-state index in [-0.39, 0.29) is 12.5 Å². The molecule has 2 atom stereocenters. The van der Waals surface area contributed by atoms with Gasteiger partial charge in [-0.2, -0.15) is 0 Å². The first-order valence-corrected chi connectivity index (χ1v) is 6.61. The standard InChI is InChI=1S/C16H14FNO3/c17-11-7-5-10(6-8-11)16(20)18-15-12-3-1-2-4-14(12)21-9-13(15)19/h1-8,13,15,19H,9H2,(H,18,20)/t13-,15+/m0/s1. The van der Waals surface area contributed by atoms with E-state index in [4.69, 9.17) is 4.74 Å². The Bertz CT molecular complexity index is 657. The molecule has 4 nitrogen and oxygen atoms in total. The van der Waals surface area contributed by atoms with Crippen LogP contribution in [0.25, 0.3) is 0 Å². The molecule has 2 aromatic carbocycles. The van der Waals surface area contributed by atoms with Crippen LogP contribution in [0.15, 0.2) is 48.5 Å². The maximum atomic E-state index is 12.9. The third kappa shape index (κ3) is 2.73. The largest absolute Gasteiger partial charge is 0.490 e. The topological polar surface area (TPSA) is 58.6 Å². The Kier molecular flexibility index (Phi) is 3.58. The van der Waals surface area contributed by atoms with Crippen LogP contribution in [0.5, 0.6) is 5.75 Å². The Morgan fingerprint density at radius 1 is 1.19 bits per heavy atom. The average molecular weight is 287 g/mol. The summed E-state index contributed by atoms with van der Waals surface area (Å²) in [5.41, 5.74) is 1.07. The number of hydrogen-bond acceptors (Lipinski definition) is 3. The lowest BCUT2D eigenvalue weighted by atomic mass is 9.98. The van der Waals surface area contributed by atoms with Crippen LogP contribution in [0.3, 0.4) is 0 Å². The van der Waals surface area contributed by atoms with E-state index in [1.165, 1.54) is 24.3 Å². The molecule has 0 spiro atoms. The molecule has 2 aromatic rings. The summed E-state index contributed by atoms with van der Waals surface area (Å²) in [6, 6.07) is 11.9. The number of carbonyl (C=O) groups is 1. The van der Waals surface area contributed by atoms with Crippen LogP contribution >= 0.6 is 0 Å². The van der Waals surface area contributed by atoms with Crippen LogP contribution in [-0.2, 0) is 0 Å². The molecule has 0 saturated heterocycles. The van der Waals surface area contributed by atoms with Gasteiger partial charge in [-0.3, -0.25) is 4.79 Å². The van der Waals surface area contributed by atoms with Crippen molar-refractivity contribution >= 4 is 5.91 Å². The number of amides is 1. The predicted octanol–water partition coefficient (Wildman–Crippen LogP) is 2.05. The second-order valence-electron chi connectivity index (χ2n) is 4.87. The first kappa shape index (κ1) is 13.6. The van der Waals surface area contributed by atoms with Crippen molar-refractivity contribution in [1.82, 2.24) is 5.32 Å². The molecule has 1 amide bonds. The Morgan fingerprint density at radius 3 is 2.67 bits per heavy atom. The highest BCUT2D eigenvalue weighted by Gasteiger charge is 2.30. The molecule has 1 heterocycles. The van der Waals surface area contributed by atoms with Crippen LogP contribution in [0.1, 0.15) is 22.0 Å². The smallest absolute Gasteiger partial charge is 0.251 e. The number of ether oxygens (including phenoxy) is 1. The number of carbonyl (C=O) groups excluding carboxylic acids is 1. The second-order valence-corrected chi connectivity index (χ2v) is 4.87. The van der Waals surface area contributed by atoms with Gasteiger partial charge in [0, 0.05) is 11.1 Å². The minimum Gasteiger partial charge on any atom is -0.490 e. The summed E-state index contributed by atoms with van der Waals surface area (Å²) in [5.74, 6) is -0.119. The highest BCUT2D eigenvalue weighted by atomic mass is 19.1. The second kappa shape index (κ2) is 5.54. The summed E-state index contributed by atoms with van der Waals surface area (Å²) in [6.07, 6.45) is -0.829. The lowest BCUT2D eigenvalue weighted by Gasteiger charge is -2.31. The molecule has 3 rings (SSSR count). The summed E-state index contributed by atoms with van der Waals surface area (Å²) in [5, 5.41) is 12.8. The summed E-state index contributed by atoms with van der Waals surface area (Å²) in [7, 11) is 0. The third-order valence-electron chi connectivity index (χ3n) is 3.44. The van der Waals surface area contributed by atoms with Crippen molar-refractivity contribution in [3.05, 3.63) is 65.5 Å². The number of aliphatic hydroxyl groups is 1. The van der Waals surface area contributed by atoms with Gasteiger partial charge in [-0.15, -0.1) is 0 Å². The van der Waals surface area contributed by atoms with Crippen molar-refractivity contribution in [3.63, 3.8) is 0 Å². The number of hydrogen-bond donors (Lipinski definition) is 2. The molecule has 1 aliphatic rings. The number of nitrogens with one attached hydrogen (secondary N) is 1. The van der Waals surface area contributed by atoms with Crippen LogP contribution < -0.4 is 10.1 Å². The number of para-hydroxylation sites is 1. The fourth-order valence-corrected chi connectivity index (χ4v) is 2.35. The van der Waals surface area contributed by atoms with Crippen molar-refractivity contribution in [2.24, 2.45) is 0 Å². The summed E-state index contributed by atoms with van der Waals surface area (Å²) >= 11 is 0. The van der Waals surface area contributed by atoms with Crippen LogP contribution in [-0.4, -0.2) is 23.7 Å². The first-order chi connectivity index (χ1) is 10.1. The zero-order valence-corrected chi connectivity index (χ0v) is 11.1. The number of aliphatic hydroxyl groups excluding tert-OH is 1. The normalized spacial score (nSPS) is 20.3. The van der Waals surface area contributed by atoms with E-state index in [9.17, 15) is 14.3 Å². The van der Waals surface area contributed by atoms with Gasteiger partial charge in [0.2, 0.25) is 0 Å². The summed E-state index contributed by atoms with van der Waals surface area (Å²) in [6.45, 7) is 0.116. The zero-order valence-electron chi connectivity index (χ0n) is 11.1. The molecule has 0 aliphatic carbocycles. The first-order valence-electron chi connectivity index (χ1n) is 6.61. The Labute approximate surface area is 121 Å². The van der Waals surface area contributed by atoms with E-state index >= 15 is 0 Å². The molecule has 2 N–H and O–H groups in total. The van der Waals surface area contributed by atoms with Gasteiger partial charge in [0.1, 0.15) is 24.3 Å². The van der Waals surface area contributed by atoms with Crippen LogP contribution in [0, 0.1) is 5.82 Å². The van der Waals surface area contributed by atoms with Gasteiger partial charge in [0.05, 0.1) is 6.04 Å². The maximum Gasteiger partial charge on any atom is 0.251 e. The summed E-state index contributed by atoms with van der Waals surface area (Å²) < 4.78 is 18.3. The van der Waals surface area contributed by atoms with Crippen molar-refractivity contribution in [2.75, 3.05) is 6.61 Å². The van der Waals surface area contributed by atoms with Crippen molar-refractivity contribution in [1.29, 1.82) is 0 Å². The molecule has 1 aliphatic heterocycles. The lowest BCUT2D eigenvalue weighted by Crippen LogP contribution is -2.41. The minimum absolute atomic E-state index is 0.116. The Morgan fingerprint density at radius 2 is 1.90 bits per heavy atom. The van der Waals surface area contributed by atoms with E-state index in [1.54, 1.807) is 12.1 Å². The fraction of sp³-hybridized carbons (Fsp3) is 0.188. The SMILES string of the molecule is O=C(N[C@@H]1c2ccccc2OC[C@@H]1O)c1ccc(F)cc1. The molecule has 0 fully saturated rings. The van der Waals surface area contributed by atoms with Gasteiger partial charge < -0.3 is 15.2 Å². The highest BCUT2D eigenvalue weighted by Crippen LogP contribution is 2.32. The Balaban J connectivity index is 1.84. The van der Waals surface area contributed by atoms with Gasteiger partial charge in [-0.25, -0.2) is 4.39 Å². The molecular formula is C16H14FNO3. The molecule has 21 heavy (non-hydrogen) atoms. The molecule has 0 unspecified atom stereocenters. The molecule has 0 saturated carbocycles. The van der Waals surface area contributed by atoms with Gasteiger partial charge in [-0.05, 0) is 30.3 Å². The average Bonchev–Trinajstić information content (AvgIpc) is 2.51. The Hall–Kier alpha value is -2.40. The van der Waals surface area contributed by atoms with Crippen molar-refractivity contribution < 1.29 is 19.0 Å². The molecule has 5 heteroatoms. The molecule has 0 radical (unpaired) electrons. The van der Waals surface area contributed by atoms with E-state index in [0.717, 1.165) is 5.56 Å². The van der Waals surface area contributed by atoms with Gasteiger partial charge in [0.25, 0.3) is 5.91 Å². The molecule has 0 bridgehead atoms. The van der Waals surface area contributed by atoms with Gasteiger partial charge in [-0.1, -0.05) is 18.2 Å². The highest BCUT2D eigenvalue weighted by molar-refractivity contribution is 5.94. The quantitative estimate of drug-likeness (QED) is 0.888. The molecule has 0 aromatic heterocycles. The number of rotatable bonds is 2. The maximum absolute atomic E-state index is 12.9. The van der Waals surface area contributed by atoms with Crippen LogP contribution in [0.2, 0.25) is 0 Å². The minimum atomic E-state index is -0.829. The zero-order chi connectivity index (χ0) is 14.8. The number of benzene rings is 2. The molecule has 108 valence electrons. The number of fused-ring (bicyclic) bond motifs is 1. The monoisotopic (exact) mass is 287 g/mol. The van der Waals surface area contributed by atoms with Gasteiger partial charge >= 0.3 is 0 Å². The van der Waals surface area contributed by atoms with E-state index in [2.05, 4.69) is 5.32 Å². The number of halogens is 1. The van der Waals surface area contributed by atoms with Crippen LogP contribution in [0.4, 0.5) is 4.39 Å². The third-order valence-corrected chi connectivity index (χ3v) is 3.44. The summed E-state index contributed by atoms with van der Waals surface area (Å²) in [4.78, 5) is 12.2. The predicted molar refractivity (Wildman–Crippen MR) is 74.6 cm³/mol. The fourth-order valence-electron chi connectivity index (χ4n) is 2.35. The van der Waals surface area contributed by atoms with E-state index in [0.29, 0.717) is 11.3 Å². The van der Waals surface area contributed by atoms with Crippen molar-refractivity contribution in [3.8, 4) is 5.75 Å². The molecular weight excluding hydrogens is 273 g/mol. The van der Waals surface area contributed by atoms with Crippen molar-refractivity contribution in [2.45, 2.75) is 12.1 Å². The van der Waals surface area contributed by atoms with Gasteiger partial charge in [0.15, 0.2) is 0 Å².